The van der Waals surface area contributed by atoms with Gasteiger partial charge in [-0.15, -0.1) is 0 Å². The van der Waals surface area contributed by atoms with E-state index in [1.807, 2.05) is 5.01 Å². The molecule has 27 heavy (non-hydrogen) atoms. The molecular formula is C21H26FN3O2. The van der Waals surface area contributed by atoms with Crippen molar-refractivity contribution in [3.05, 3.63) is 58.2 Å². The molecule has 1 N–H and O–H groups in total. The third kappa shape index (κ3) is 3.77. The summed E-state index contributed by atoms with van der Waals surface area (Å²) < 4.78 is 20.8. The molecule has 2 aromatic rings. The molecule has 5 nitrogen and oxygen atoms in total. The van der Waals surface area contributed by atoms with E-state index in [1.165, 1.54) is 29.8 Å². The van der Waals surface area contributed by atoms with Gasteiger partial charge >= 0.3 is 0 Å². The summed E-state index contributed by atoms with van der Waals surface area (Å²) in [6.07, 6.45) is 4.32. The molecule has 1 aromatic heterocycles. The van der Waals surface area contributed by atoms with Crippen LogP contribution < -0.4 is 5.43 Å². The Hall–Kier alpha value is -2.18. The van der Waals surface area contributed by atoms with Crippen molar-refractivity contribution in [1.82, 2.24) is 15.0 Å². The summed E-state index contributed by atoms with van der Waals surface area (Å²) >= 11 is 0. The van der Waals surface area contributed by atoms with Crippen LogP contribution in [-0.4, -0.2) is 41.8 Å². The van der Waals surface area contributed by atoms with Gasteiger partial charge in [0, 0.05) is 25.3 Å². The smallest absolute Gasteiger partial charge is 0.282 e. The lowest BCUT2D eigenvalue weighted by molar-refractivity contribution is 0.0123. The van der Waals surface area contributed by atoms with Gasteiger partial charge in [-0.1, -0.05) is 12.1 Å². The minimum atomic E-state index is -0.241. The average Bonchev–Trinajstić information content (AvgIpc) is 2.97. The van der Waals surface area contributed by atoms with Crippen molar-refractivity contribution >= 4 is 5.91 Å². The molecule has 144 valence electrons. The standard InChI is InChI=1S/C21H26FN3O2/c1-15-18-4-2-3-5-19(18)25(14-16-6-8-17(22)9-7-16)20(15)21(26)23-24-10-12-27-13-11-24/h6-9H,2-5,10-14H2,1H3,(H,23,26). The quantitative estimate of drug-likeness (QED) is 0.899. The first-order valence-corrected chi connectivity index (χ1v) is 9.72. The van der Waals surface area contributed by atoms with E-state index >= 15 is 0 Å². The molecule has 1 aliphatic heterocycles. The Morgan fingerprint density at radius 1 is 1.15 bits per heavy atom. The van der Waals surface area contributed by atoms with Crippen LogP contribution in [0.15, 0.2) is 24.3 Å². The SMILES string of the molecule is Cc1c2c(n(Cc3ccc(F)cc3)c1C(=O)NN1CCOCC1)CCCC2. The molecule has 1 aromatic carbocycles. The van der Waals surface area contributed by atoms with Gasteiger partial charge in [-0.2, -0.15) is 0 Å². The molecule has 1 aliphatic carbocycles. The predicted molar refractivity (Wildman–Crippen MR) is 101 cm³/mol. The molecule has 0 radical (unpaired) electrons. The van der Waals surface area contributed by atoms with Crippen LogP contribution in [0.3, 0.4) is 0 Å². The zero-order valence-corrected chi connectivity index (χ0v) is 15.8. The number of nitrogens with one attached hydrogen (secondary N) is 1. The lowest BCUT2D eigenvalue weighted by Gasteiger charge is -2.27. The Morgan fingerprint density at radius 2 is 1.85 bits per heavy atom. The number of nitrogens with zero attached hydrogens (tertiary/aromatic N) is 2. The van der Waals surface area contributed by atoms with E-state index in [1.54, 1.807) is 12.1 Å². The van der Waals surface area contributed by atoms with Crippen molar-refractivity contribution in [3.8, 4) is 0 Å². The number of amides is 1. The van der Waals surface area contributed by atoms with Gasteiger partial charge in [0.25, 0.3) is 5.91 Å². The van der Waals surface area contributed by atoms with E-state index < -0.39 is 0 Å². The number of fused-ring (bicyclic) bond motifs is 1. The van der Waals surface area contributed by atoms with Crippen LogP contribution in [-0.2, 0) is 24.1 Å². The Bertz CT molecular complexity index is 823. The molecule has 0 saturated carbocycles. The summed E-state index contributed by atoms with van der Waals surface area (Å²) in [4.78, 5) is 13.1. The number of hydrogen-bond donors (Lipinski definition) is 1. The first-order chi connectivity index (χ1) is 13.1. The molecule has 0 atom stereocenters. The highest BCUT2D eigenvalue weighted by molar-refractivity contribution is 5.94. The van der Waals surface area contributed by atoms with Crippen LogP contribution in [0.5, 0.6) is 0 Å². The second-order valence-electron chi connectivity index (χ2n) is 7.36. The van der Waals surface area contributed by atoms with Crippen molar-refractivity contribution in [1.29, 1.82) is 0 Å². The summed E-state index contributed by atoms with van der Waals surface area (Å²) in [5.74, 6) is -0.305. The van der Waals surface area contributed by atoms with Gasteiger partial charge in [-0.05, 0) is 61.4 Å². The molecule has 1 amide bonds. The molecule has 0 unspecified atom stereocenters. The number of ether oxygens (including phenoxy) is 1. The third-order valence-electron chi connectivity index (χ3n) is 5.58. The van der Waals surface area contributed by atoms with Crippen molar-refractivity contribution in [3.63, 3.8) is 0 Å². The fourth-order valence-corrected chi connectivity index (χ4v) is 4.18. The fraction of sp³-hybridized carbons (Fsp3) is 0.476. The molecule has 2 heterocycles. The zero-order chi connectivity index (χ0) is 18.8. The Kier molecular flexibility index (Phi) is 5.27. The topological polar surface area (TPSA) is 46.5 Å². The van der Waals surface area contributed by atoms with E-state index in [-0.39, 0.29) is 11.7 Å². The van der Waals surface area contributed by atoms with Crippen LogP contribution in [0.1, 0.15) is 45.7 Å². The van der Waals surface area contributed by atoms with Crippen LogP contribution >= 0.6 is 0 Å². The Labute approximate surface area is 159 Å². The summed E-state index contributed by atoms with van der Waals surface area (Å²) in [6.45, 7) is 5.30. The highest BCUT2D eigenvalue weighted by atomic mass is 19.1. The van der Waals surface area contributed by atoms with Crippen molar-refractivity contribution < 1.29 is 13.9 Å². The average molecular weight is 371 g/mol. The normalized spacial score (nSPS) is 17.6. The maximum absolute atomic E-state index is 13.3. The highest BCUT2D eigenvalue weighted by Crippen LogP contribution is 2.30. The second kappa shape index (κ2) is 7.82. The number of benzene rings is 1. The number of carbonyl (C=O) groups excluding carboxylic acids is 1. The first-order valence-electron chi connectivity index (χ1n) is 9.72. The van der Waals surface area contributed by atoms with Gasteiger partial charge in [0.1, 0.15) is 11.5 Å². The van der Waals surface area contributed by atoms with Crippen LogP contribution in [0, 0.1) is 12.7 Å². The maximum Gasteiger partial charge on any atom is 0.282 e. The molecule has 6 heteroatoms. The number of hydrogen-bond acceptors (Lipinski definition) is 3. The number of hydrazine groups is 1. The van der Waals surface area contributed by atoms with Crippen molar-refractivity contribution in [2.24, 2.45) is 0 Å². The minimum absolute atomic E-state index is 0.0640. The number of halogens is 1. The van der Waals surface area contributed by atoms with Gasteiger partial charge in [0.15, 0.2) is 0 Å². The van der Waals surface area contributed by atoms with Crippen LogP contribution in [0.25, 0.3) is 0 Å². The Morgan fingerprint density at radius 3 is 2.59 bits per heavy atom. The monoisotopic (exact) mass is 371 g/mol. The Balaban J connectivity index is 1.67. The summed E-state index contributed by atoms with van der Waals surface area (Å²) in [5.41, 5.74) is 8.44. The van der Waals surface area contributed by atoms with Crippen molar-refractivity contribution in [2.75, 3.05) is 26.3 Å². The molecule has 4 rings (SSSR count). The first kappa shape index (κ1) is 18.2. The third-order valence-corrected chi connectivity index (χ3v) is 5.58. The van der Waals surface area contributed by atoms with E-state index in [9.17, 15) is 9.18 Å². The fourth-order valence-electron chi connectivity index (χ4n) is 4.18. The highest BCUT2D eigenvalue weighted by Gasteiger charge is 2.27. The van der Waals surface area contributed by atoms with Gasteiger partial charge < -0.3 is 9.30 Å². The van der Waals surface area contributed by atoms with E-state index in [0.717, 1.165) is 36.1 Å². The lowest BCUT2D eigenvalue weighted by atomic mass is 9.95. The summed E-state index contributed by atoms with van der Waals surface area (Å²) in [6, 6.07) is 6.55. The molecule has 0 bridgehead atoms. The van der Waals surface area contributed by atoms with Crippen LogP contribution in [0.2, 0.25) is 0 Å². The number of aromatic nitrogens is 1. The van der Waals surface area contributed by atoms with E-state index in [0.29, 0.717) is 32.8 Å². The zero-order valence-electron chi connectivity index (χ0n) is 15.8. The molecule has 1 saturated heterocycles. The largest absolute Gasteiger partial charge is 0.379 e. The molecule has 2 aliphatic rings. The number of rotatable bonds is 4. The maximum atomic E-state index is 13.3. The second-order valence-corrected chi connectivity index (χ2v) is 7.36. The van der Waals surface area contributed by atoms with Gasteiger partial charge in [0.2, 0.25) is 0 Å². The minimum Gasteiger partial charge on any atom is -0.379 e. The lowest BCUT2D eigenvalue weighted by Crippen LogP contribution is -2.48. The predicted octanol–water partition coefficient (Wildman–Crippen LogP) is 2.84. The molecule has 1 fully saturated rings. The van der Waals surface area contributed by atoms with E-state index in [4.69, 9.17) is 4.74 Å². The van der Waals surface area contributed by atoms with E-state index in [2.05, 4.69) is 16.9 Å². The molecular weight excluding hydrogens is 345 g/mol. The number of carbonyl (C=O) groups is 1. The van der Waals surface area contributed by atoms with Crippen LogP contribution in [0.4, 0.5) is 4.39 Å². The number of morpholine rings is 1. The van der Waals surface area contributed by atoms with Gasteiger partial charge in [-0.3, -0.25) is 10.2 Å². The molecule has 0 spiro atoms. The van der Waals surface area contributed by atoms with Gasteiger partial charge in [0.05, 0.1) is 13.2 Å². The van der Waals surface area contributed by atoms with Gasteiger partial charge in [-0.25, -0.2) is 9.40 Å². The summed E-state index contributed by atoms with van der Waals surface area (Å²) in [7, 11) is 0. The van der Waals surface area contributed by atoms with Crippen molar-refractivity contribution in [2.45, 2.75) is 39.2 Å². The summed E-state index contributed by atoms with van der Waals surface area (Å²) in [5, 5.41) is 1.93.